The van der Waals surface area contributed by atoms with Crippen LogP contribution < -0.4 is 10.6 Å². The summed E-state index contributed by atoms with van der Waals surface area (Å²) in [5.74, 6) is 0.529. The van der Waals surface area contributed by atoms with Crippen LogP contribution in [-0.2, 0) is 16.6 Å². The Hall–Kier alpha value is -1.38. The van der Waals surface area contributed by atoms with Crippen molar-refractivity contribution < 1.29 is 9.13 Å². The fourth-order valence-corrected chi connectivity index (χ4v) is 4.02. The molecule has 0 aromatic heterocycles. The molecule has 2 N–H and O–H groups in total. The molecule has 1 fully saturated rings. The minimum Gasteiger partial charge on any atom is -0.381 e. The van der Waals surface area contributed by atoms with E-state index in [-0.39, 0.29) is 35.2 Å². The fraction of sp³-hybridized carbons (Fsp3) is 0.409. The van der Waals surface area contributed by atoms with Gasteiger partial charge in [0.2, 0.25) is 0 Å². The third-order valence-corrected chi connectivity index (χ3v) is 5.69. The van der Waals surface area contributed by atoms with E-state index in [9.17, 15) is 4.39 Å². The van der Waals surface area contributed by atoms with Crippen LogP contribution in [0.3, 0.4) is 0 Å². The van der Waals surface area contributed by atoms with Crippen molar-refractivity contribution >= 4 is 41.5 Å². The molecule has 2 aromatic rings. The molecule has 29 heavy (non-hydrogen) atoms. The highest BCUT2D eigenvalue weighted by atomic mass is 127. The van der Waals surface area contributed by atoms with Crippen LogP contribution in [0.4, 0.5) is 4.39 Å². The van der Waals surface area contributed by atoms with Gasteiger partial charge in [0, 0.05) is 43.8 Å². The fourth-order valence-electron chi connectivity index (χ4n) is 3.69. The average molecular weight is 532 g/mol. The Morgan fingerprint density at radius 2 is 1.79 bits per heavy atom. The van der Waals surface area contributed by atoms with E-state index in [4.69, 9.17) is 16.3 Å². The number of aliphatic imine (C=N–C) groups is 1. The SMILES string of the molecule is CN=C(NCCc1ccccc1F)NCC1(c2ccccc2Cl)CCOCC1.I. The first kappa shape index (κ1) is 23.9. The molecule has 0 amide bonds. The standard InChI is InChI=1S/C22H27ClFN3O.HI/c1-25-21(26-13-10-17-6-2-5-9-20(17)24)27-16-22(11-14-28-15-12-22)18-7-3-4-8-19(18)23;/h2-9H,10-16H2,1H3,(H2,25,26,27);1H. The molecular weight excluding hydrogens is 504 g/mol. The summed E-state index contributed by atoms with van der Waals surface area (Å²) in [4.78, 5) is 4.31. The van der Waals surface area contributed by atoms with Crippen LogP contribution in [0.25, 0.3) is 0 Å². The molecule has 0 unspecified atom stereocenters. The number of rotatable bonds is 6. The van der Waals surface area contributed by atoms with Crippen LogP contribution >= 0.6 is 35.6 Å². The van der Waals surface area contributed by atoms with Crippen LogP contribution in [0, 0.1) is 5.82 Å². The van der Waals surface area contributed by atoms with Gasteiger partial charge in [0.1, 0.15) is 5.82 Å². The van der Waals surface area contributed by atoms with Crippen molar-refractivity contribution in [2.24, 2.45) is 4.99 Å². The average Bonchev–Trinajstić information content (AvgIpc) is 2.73. The number of nitrogens with one attached hydrogen (secondary N) is 2. The molecule has 0 radical (unpaired) electrons. The van der Waals surface area contributed by atoms with Crippen molar-refractivity contribution in [1.82, 2.24) is 10.6 Å². The molecule has 158 valence electrons. The van der Waals surface area contributed by atoms with Gasteiger partial charge in [0.05, 0.1) is 0 Å². The van der Waals surface area contributed by atoms with Crippen molar-refractivity contribution in [1.29, 1.82) is 0 Å². The number of guanidine groups is 1. The predicted molar refractivity (Wildman–Crippen MR) is 128 cm³/mol. The number of hydrogen-bond donors (Lipinski definition) is 2. The Morgan fingerprint density at radius 1 is 1.10 bits per heavy atom. The molecule has 1 saturated heterocycles. The maximum atomic E-state index is 13.8. The lowest BCUT2D eigenvalue weighted by Gasteiger charge is -2.38. The van der Waals surface area contributed by atoms with E-state index in [0.717, 1.165) is 23.4 Å². The minimum absolute atomic E-state index is 0. The molecule has 0 bridgehead atoms. The first-order valence-corrected chi connectivity index (χ1v) is 10.0. The molecule has 3 rings (SSSR count). The van der Waals surface area contributed by atoms with Crippen molar-refractivity contribution in [3.63, 3.8) is 0 Å². The van der Waals surface area contributed by atoms with Gasteiger partial charge in [-0.1, -0.05) is 48.0 Å². The van der Waals surface area contributed by atoms with Crippen LogP contribution in [-0.4, -0.2) is 39.3 Å². The maximum Gasteiger partial charge on any atom is 0.191 e. The zero-order valence-electron chi connectivity index (χ0n) is 16.6. The summed E-state index contributed by atoms with van der Waals surface area (Å²) in [5.41, 5.74) is 1.75. The Morgan fingerprint density at radius 3 is 2.48 bits per heavy atom. The summed E-state index contributed by atoms with van der Waals surface area (Å²) in [6, 6.07) is 14.9. The predicted octanol–water partition coefficient (Wildman–Crippen LogP) is 4.55. The molecule has 0 aliphatic carbocycles. The highest BCUT2D eigenvalue weighted by Gasteiger charge is 2.36. The molecule has 1 heterocycles. The summed E-state index contributed by atoms with van der Waals surface area (Å²) in [6.07, 6.45) is 2.39. The molecule has 2 aromatic carbocycles. The molecule has 1 aliphatic heterocycles. The van der Waals surface area contributed by atoms with Crippen molar-refractivity contribution in [3.05, 3.63) is 70.5 Å². The van der Waals surface area contributed by atoms with Crippen LogP contribution in [0.2, 0.25) is 5.02 Å². The second-order valence-corrected chi connectivity index (χ2v) is 7.47. The van der Waals surface area contributed by atoms with Gasteiger partial charge in [0.25, 0.3) is 0 Å². The normalized spacial score (nSPS) is 16.0. The van der Waals surface area contributed by atoms with E-state index in [1.807, 2.05) is 30.3 Å². The summed E-state index contributed by atoms with van der Waals surface area (Å²) in [7, 11) is 1.74. The number of nitrogens with zero attached hydrogens (tertiary/aromatic N) is 1. The second-order valence-electron chi connectivity index (χ2n) is 7.07. The van der Waals surface area contributed by atoms with E-state index in [0.29, 0.717) is 44.2 Å². The van der Waals surface area contributed by atoms with E-state index < -0.39 is 0 Å². The topological polar surface area (TPSA) is 45.7 Å². The monoisotopic (exact) mass is 531 g/mol. The number of hydrogen-bond acceptors (Lipinski definition) is 2. The molecule has 7 heteroatoms. The van der Waals surface area contributed by atoms with Gasteiger partial charge in [-0.2, -0.15) is 0 Å². The van der Waals surface area contributed by atoms with E-state index in [1.54, 1.807) is 13.1 Å². The molecule has 0 atom stereocenters. The summed E-state index contributed by atoms with van der Waals surface area (Å²) in [5, 5.41) is 7.50. The quantitative estimate of drug-likeness (QED) is 0.327. The lowest BCUT2D eigenvalue weighted by molar-refractivity contribution is 0.0514. The van der Waals surface area contributed by atoms with Crippen molar-refractivity contribution in [2.75, 3.05) is 33.4 Å². The Kier molecular flexibility index (Phi) is 9.65. The third-order valence-electron chi connectivity index (χ3n) is 5.36. The van der Waals surface area contributed by atoms with Gasteiger partial charge in [-0.05, 0) is 42.5 Å². The van der Waals surface area contributed by atoms with Crippen LogP contribution in [0.1, 0.15) is 24.0 Å². The van der Waals surface area contributed by atoms with Gasteiger partial charge in [-0.15, -0.1) is 24.0 Å². The first-order valence-electron chi connectivity index (χ1n) is 9.65. The van der Waals surface area contributed by atoms with Gasteiger partial charge in [-0.3, -0.25) is 4.99 Å². The number of halogens is 3. The van der Waals surface area contributed by atoms with Gasteiger partial charge in [0.15, 0.2) is 5.96 Å². The Labute approximate surface area is 194 Å². The Bertz CT molecular complexity index is 812. The smallest absolute Gasteiger partial charge is 0.191 e. The van der Waals surface area contributed by atoms with Crippen LogP contribution in [0.5, 0.6) is 0 Å². The van der Waals surface area contributed by atoms with Crippen molar-refractivity contribution in [2.45, 2.75) is 24.7 Å². The van der Waals surface area contributed by atoms with Gasteiger partial charge >= 0.3 is 0 Å². The summed E-state index contributed by atoms with van der Waals surface area (Å²) < 4.78 is 19.4. The Balaban J connectivity index is 0.00000300. The highest BCUT2D eigenvalue weighted by Crippen LogP contribution is 2.38. The second kappa shape index (κ2) is 11.7. The van der Waals surface area contributed by atoms with Crippen LogP contribution in [0.15, 0.2) is 53.5 Å². The molecule has 4 nitrogen and oxygen atoms in total. The maximum absolute atomic E-state index is 13.8. The minimum atomic E-state index is -0.174. The zero-order valence-corrected chi connectivity index (χ0v) is 19.7. The zero-order chi connectivity index (χ0) is 19.8. The van der Waals surface area contributed by atoms with E-state index in [1.165, 1.54) is 6.07 Å². The summed E-state index contributed by atoms with van der Waals surface area (Å²) >= 11 is 6.51. The van der Waals surface area contributed by atoms with Gasteiger partial charge in [-0.25, -0.2) is 4.39 Å². The molecule has 1 aliphatic rings. The van der Waals surface area contributed by atoms with E-state index in [2.05, 4.69) is 21.7 Å². The lowest BCUT2D eigenvalue weighted by atomic mass is 9.74. The number of benzene rings is 2. The van der Waals surface area contributed by atoms with Crippen molar-refractivity contribution in [3.8, 4) is 0 Å². The summed E-state index contributed by atoms with van der Waals surface area (Å²) in [6.45, 7) is 2.74. The largest absolute Gasteiger partial charge is 0.381 e. The van der Waals surface area contributed by atoms with E-state index >= 15 is 0 Å². The van der Waals surface area contributed by atoms with Gasteiger partial charge < -0.3 is 15.4 Å². The molecule has 0 saturated carbocycles. The lowest BCUT2D eigenvalue weighted by Crippen LogP contribution is -2.48. The molecular formula is C22H28ClFIN3O. The highest BCUT2D eigenvalue weighted by molar-refractivity contribution is 14.0. The third kappa shape index (κ3) is 6.30. The first-order chi connectivity index (χ1) is 13.6. The molecule has 0 spiro atoms. The number of ether oxygens (including phenoxy) is 1.